The molecule has 1 aromatic rings. The van der Waals surface area contributed by atoms with Gasteiger partial charge in [0.1, 0.15) is 5.69 Å². The van der Waals surface area contributed by atoms with Gasteiger partial charge in [-0.1, -0.05) is 13.8 Å². The molecular formula is C16H29N5O3S. The lowest BCUT2D eigenvalue weighted by atomic mass is 9.98. The fourth-order valence-electron chi connectivity index (χ4n) is 2.92. The highest BCUT2D eigenvalue weighted by Gasteiger charge is 2.29. The fourth-order valence-corrected chi connectivity index (χ4v) is 4.06. The monoisotopic (exact) mass is 371 g/mol. The van der Waals surface area contributed by atoms with Gasteiger partial charge in [0.15, 0.2) is 0 Å². The molecule has 1 amide bonds. The molecule has 8 nitrogen and oxygen atoms in total. The van der Waals surface area contributed by atoms with Crippen LogP contribution in [-0.2, 0) is 16.6 Å². The van der Waals surface area contributed by atoms with E-state index in [-0.39, 0.29) is 11.8 Å². The van der Waals surface area contributed by atoms with E-state index in [1.54, 1.807) is 20.2 Å². The Hall–Kier alpha value is -1.45. The van der Waals surface area contributed by atoms with Gasteiger partial charge in [-0.05, 0) is 37.2 Å². The Bertz CT molecular complexity index is 676. The van der Waals surface area contributed by atoms with Crippen LogP contribution >= 0.6 is 0 Å². The Morgan fingerprint density at radius 2 is 2.04 bits per heavy atom. The number of amides is 1. The van der Waals surface area contributed by atoms with Crippen LogP contribution in [0.2, 0.25) is 0 Å². The summed E-state index contributed by atoms with van der Waals surface area (Å²) in [5.41, 5.74) is 1.37. The van der Waals surface area contributed by atoms with Gasteiger partial charge in [-0.25, -0.2) is 0 Å². The van der Waals surface area contributed by atoms with Crippen LogP contribution in [0.3, 0.4) is 0 Å². The lowest BCUT2D eigenvalue weighted by Crippen LogP contribution is -2.45. The first kappa shape index (κ1) is 19.9. The van der Waals surface area contributed by atoms with E-state index in [9.17, 15) is 13.2 Å². The average Bonchev–Trinajstić information content (AvgIpc) is 3.00. The van der Waals surface area contributed by atoms with Gasteiger partial charge in [0.25, 0.3) is 16.1 Å². The van der Waals surface area contributed by atoms with Crippen LogP contribution in [-0.4, -0.2) is 66.9 Å². The number of aromatic amines is 1. The SMILES string of the molecule is CC(C)Cc1cc(C(=O)NCC2CCN(S(=O)(=O)N(C)C)CC2)n[nH]1. The van der Waals surface area contributed by atoms with Gasteiger partial charge in [-0.3, -0.25) is 9.89 Å². The van der Waals surface area contributed by atoms with E-state index >= 15 is 0 Å². The summed E-state index contributed by atoms with van der Waals surface area (Å²) in [6.07, 6.45) is 2.35. The normalized spacial score (nSPS) is 17.4. The lowest BCUT2D eigenvalue weighted by molar-refractivity contribution is 0.0936. The minimum atomic E-state index is -3.34. The highest BCUT2D eigenvalue weighted by atomic mass is 32.2. The van der Waals surface area contributed by atoms with Crippen LogP contribution in [0.15, 0.2) is 6.07 Å². The van der Waals surface area contributed by atoms with E-state index in [0.29, 0.717) is 31.2 Å². The second-order valence-electron chi connectivity index (χ2n) is 7.22. The third-order valence-corrected chi connectivity index (χ3v) is 6.34. The van der Waals surface area contributed by atoms with E-state index in [1.807, 2.05) is 0 Å². The number of H-pyrrole nitrogens is 1. The Labute approximate surface area is 150 Å². The van der Waals surface area contributed by atoms with Crippen LogP contribution in [0.1, 0.15) is 42.9 Å². The molecule has 0 spiro atoms. The molecule has 1 aliphatic heterocycles. The van der Waals surface area contributed by atoms with E-state index in [4.69, 9.17) is 0 Å². The number of nitrogens with one attached hydrogen (secondary N) is 2. The van der Waals surface area contributed by atoms with E-state index in [0.717, 1.165) is 25.0 Å². The Morgan fingerprint density at radius 1 is 1.40 bits per heavy atom. The minimum Gasteiger partial charge on any atom is -0.350 e. The predicted octanol–water partition coefficient (Wildman–Crippen LogP) is 0.856. The van der Waals surface area contributed by atoms with Gasteiger partial charge in [-0.15, -0.1) is 0 Å². The molecule has 0 aromatic carbocycles. The smallest absolute Gasteiger partial charge is 0.281 e. The molecule has 2 heterocycles. The first-order valence-corrected chi connectivity index (χ1v) is 10.1. The standard InChI is InChI=1S/C16H29N5O3S/c1-12(2)9-14-10-15(19-18-14)16(22)17-11-13-5-7-21(8-6-13)25(23,24)20(3)4/h10,12-13H,5-9,11H2,1-4H3,(H,17,22)(H,18,19). The number of hydrogen-bond donors (Lipinski definition) is 2. The Morgan fingerprint density at radius 3 is 2.60 bits per heavy atom. The molecule has 1 aromatic heterocycles. The highest BCUT2D eigenvalue weighted by Crippen LogP contribution is 2.20. The number of piperidine rings is 1. The molecule has 2 rings (SSSR count). The molecule has 0 saturated carbocycles. The predicted molar refractivity (Wildman–Crippen MR) is 96.4 cm³/mol. The third-order valence-electron chi connectivity index (χ3n) is 4.40. The topological polar surface area (TPSA) is 98.4 Å². The van der Waals surface area contributed by atoms with Crippen molar-refractivity contribution >= 4 is 16.1 Å². The Balaban J connectivity index is 1.79. The van der Waals surface area contributed by atoms with Crippen LogP contribution in [0.5, 0.6) is 0 Å². The summed E-state index contributed by atoms with van der Waals surface area (Å²) < 4.78 is 26.9. The summed E-state index contributed by atoms with van der Waals surface area (Å²) in [6, 6.07) is 1.79. The van der Waals surface area contributed by atoms with Crippen molar-refractivity contribution in [2.24, 2.45) is 11.8 Å². The quantitative estimate of drug-likeness (QED) is 0.742. The van der Waals surface area contributed by atoms with Crippen molar-refractivity contribution < 1.29 is 13.2 Å². The summed E-state index contributed by atoms with van der Waals surface area (Å²) >= 11 is 0. The molecule has 9 heteroatoms. The van der Waals surface area contributed by atoms with Crippen LogP contribution in [0.25, 0.3) is 0 Å². The Kier molecular flexibility index (Phi) is 6.59. The van der Waals surface area contributed by atoms with Crippen molar-refractivity contribution in [3.05, 3.63) is 17.5 Å². The van der Waals surface area contributed by atoms with Crippen LogP contribution in [0, 0.1) is 11.8 Å². The molecule has 0 bridgehead atoms. The number of carbonyl (C=O) groups excluding carboxylic acids is 1. The molecule has 0 atom stereocenters. The second kappa shape index (κ2) is 8.29. The van der Waals surface area contributed by atoms with Crippen molar-refractivity contribution in [2.75, 3.05) is 33.7 Å². The molecule has 1 aliphatic rings. The average molecular weight is 372 g/mol. The van der Waals surface area contributed by atoms with Gasteiger partial charge in [-0.2, -0.15) is 22.1 Å². The van der Waals surface area contributed by atoms with Gasteiger partial charge in [0.2, 0.25) is 0 Å². The summed E-state index contributed by atoms with van der Waals surface area (Å²) in [7, 11) is -0.258. The number of rotatable bonds is 7. The maximum atomic E-state index is 12.2. The lowest BCUT2D eigenvalue weighted by Gasteiger charge is -2.32. The van der Waals surface area contributed by atoms with E-state index in [1.165, 1.54) is 8.61 Å². The zero-order valence-electron chi connectivity index (χ0n) is 15.4. The van der Waals surface area contributed by atoms with E-state index in [2.05, 4.69) is 29.4 Å². The number of hydrogen-bond acceptors (Lipinski definition) is 4. The molecule has 142 valence electrons. The molecule has 1 saturated heterocycles. The third kappa shape index (κ3) is 5.26. The largest absolute Gasteiger partial charge is 0.350 e. The van der Waals surface area contributed by atoms with Crippen molar-refractivity contribution in [1.82, 2.24) is 24.1 Å². The van der Waals surface area contributed by atoms with Gasteiger partial charge in [0.05, 0.1) is 0 Å². The second-order valence-corrected chi connectivity index (χ2v) is 9.36. The summed E-state index contributed by atoms with van der Waals surface area (Å²) in [4.78, 5) is 12.2. The maximum Gasteiger partial charge on any atom is 0.281 e. The maximum absolute atomic E-state index is 12.2. The van der Waals surface area contributed by atoms with Crippen LogP contribution in [0.4, 0.5) is 0 Å². The first-order chi connectivity index (χ1) is 11.7. The van der Waals surface area contributed by atoms with Crippen molar-refractivity contribution in [1.29, 1.82) is 0 Å². The van der Waals surface area contributed by atoms with Crippen molar-refractivity contribution in [2.45, 2.75) is 33.1 Å². The molecular weight excluding hydrogens is 342 g/mol. The number of carbonyl (C=O) groups is 1. The van der Waals surface area contributed by atoms with Crippen molar-refractivity contribution in [3.8, 4) is 0 Å². The number of nitrogens with zero attached hydrogens (tertiary/aromatic N) is 3. The van der Waals surface area contributed by atoms with Crippen molar-refractivity contribution in [3.63, 3.8) is 0 Å². The molecule has 25 heavy (non-hydrogen) atoms. The number of aromatic nitrogens is 2. The minimum absolute atomic E-state index is 0.186. The fraction of sp³-hybridized carbons (Fsp3) is 0.750. The molecule has 1 fully saturated rings. The zero-order chi connectivity index (χ0) is 18.6. The molecule has 0 radical (unpaired) electrons. The van der Waals surface area contributed by atoms with E-state index < -0.39 is 10.2 Å². The molecule has 0 unspecified atom stereocenters. The van der Waals surface area contributed by atoms with Gasteiger partial charge < -0.3 is 5.32 Å². The van der Waals surface area contributed by atoms with Gasteiger partial charge >= 0.3 is 0 Å². The zero-order valence-corrected chi connectivity index (χ0v) is 16.3. The molecule has 0 aliphatic carbocycles. The first-order valence-electron chi connectivity index (χ1n) is 8.70. The highest BCUT2D eigenvalue weighted by molar-refractivity contribution is 7.86. The van der Waals surface area contributed by atoms with Gasteiger partial charge in [0, 0.05) is 39.4 Å². The summed E-state index contributed by atoms with van der Waals surface area (Å²) in [6.45, 7) is 5.75. The molecule has 2 N–H and O–H groups in total. The summed E-state index contributed by atoms with van der Waals surface area (Å²) in [5, 5.41) is 9.88. The van der Waals surface area contributed by atoms with Crippen LogP contribution < -0.4 is 5.32 Å². The summed E-state index contributed by atoms with van der Waals surface area (Å²) in [5.74, 6) is 0.598.